The standard InChI is InChI=1S/C27H40O6S2/c1-3-30-25(28)13-15-27(16-14-26(29)31-4-2)33-19-22(35-27)20-34-18-8-17-32-24-12-7-10-21-9-5-6-11-23(21)24/h7,10,12,22H,3-6,8-9,11,13-20H2,1-2H3. The maximum atomic E-state index is 11.9. The van der Waals surface area contributed by atoms with Crippen LogP contribution in [0.2, 0.25) is 0 Å². The van der Waals surface area contributed by atoms with Crippen LogP contribution in [0.3, 0.4) is 0 Å². The van der Waals surface area contributed by atoms with E-state index < -0.39 is 4.93 Å². The monoisotopic (exact) mass is 524 g/mol. The van der Waals surface area contributed by atoms with E-state index in [9.17, 15) is 9.59 Å². The molecule has 1 aromatic rings. The number of carbonyl (C=O) groups is 2. The summed E-state index contributed by atoms with van der Waals surface area (Å²) in [6.07, 6.45) is 7.53. The SMILES string of the molecule is CCOC(=O)CCC1(CCC(=O)OCC)OCC(CSCCCOc2cccc3c2CCCC3)S1. The van der Waals surface area contributed by atoms with Crippen molar-refractivity contribution in [2.24, 2.45) is 0 Å². The zero-order chi connectivity index (χ0) is 24.9. The molecule has 6 nitrogen and oxygen atoms in total. The van der Waals surface area contributed by atoms with Crippen LogP contribution in [0.15, 0.2) is 18.2 Å². The molecule has 1 aliphatic heterocycles. The molecule has 1 unspecified atom stereocenters. The van der Waals surface area contributed by atoms with E-state index in [4.69, 9.17) is 18.9 Å². The van der Waals surface area contributed by atoms with Gasteiger partial charge in [0.15, 0.2) is 0 Å². The third-order valence-corrected chi connectivity index (χ3v) is 9.31. The molecule has 0 saturated carbocycles. The van der Waals surface area contributed by atoms with Crippen molar-refractivity contribution in [2.75, 3.05) is 37.9 Å². The van der Waals surface area contributed by atoms with Crippen LogP contribution in [0.25, 0.3) is 0 Å². The zero-order valence-electron chi connectivity index (χ0n) is 21.2. The number of fused-ring (bicyclic) bond motifs is 1. The van der Waals surface area contributed by atoms with Crippen molar-refractivity contribution >= 4 is 35.5 Å². The van der Waals surface area contributed by atoms with Crippen LogP contribution in [0, 0.1) is 0 Å². The topological polar surface area (TPSA) is 71.1 Å². The Morgan fingerprint density at radius 2 is 1.80 bits per heavy atom. The number of benzene rings is 1. The fraction of sp³-hybridized carbons (Fsp3) is 0.704. The van der Waals surface area contributed by atoms with Gasteiger partial charge in [-0.25, -0.2) is 0 Å². The highest BCUT2D eigenvalue weighted by atomic mass is 32.2. The minimum Gasteiger partial charge on any atom is -0.493 e. The number of rotatable bonds is 15. The van der Waals surface area contributed by atoms with Crippen LogP contribution >= 0.6 is 23.5 Å². The molecule has 0 radical (unpaired) electrons. The van der Waals surface area contributed by atoms with Crippen molar-refractivity contribution in [3.8, 4) is 5.75 Å². The van der Waals surface area contributed by atoms with Crippen molar-refractivity contribution < 1.29 is 28.5 Å². The Bertz CT molecular complexity index is 793. The lowest BCUT2D eigenvalue weighted by Crippen LogP contribution is -2.27. The molecule has 8 heteroatoms. The lowest BCUT2D eigenvalue weighted by atomic mass is 9.91. The molecule has 3 rings (SSSR count). The Balaban J connectivity index is 1.39. The van der Waals surface area contributed by atoms with E-state index in [1.807, 2.05) is 11.8 Å². The summed E-state index contributed by atoms with van der Waals surface area (Å²) in [5, 5.41) is 0.339. The molecule has 0 spiro atoms. The highest BCUT2D eigenvalue weighted by Gasteiger charge is 2.41. The van der Waals surface area contributed by atoms with Gasteiger partial charge in [0.25, 0.3) is 0 Å². The number of hydrogen-bond donors (Lipinski definition) is 0. The van der Waals surface area contributed by atoms with Crippen molar-refractivity contribution in [1.29, 1.82) is 0 Å². The fourth-order valence-electron chi connectivity index (χ4n) is 4.58. The zero-order valence-corrected chi connectivity index (χ0v) is 22.8. The van der Waals surface area contributed by atoms with Crippen molar-refractivity contribution in [3.63, 3.8) is 0 Å². The average molecular weight is 525 g/mol. The summed E-state index contributed by atoms with van der Waals surface area (Å²) in [4.78, 5) is 23.3. The van der Waals surface area contributed by atoms with Crippen LogP contribution in [-0.2, 0) is 36.6 Å². The van der Waals surface area contributed by atoms with Gasteiger partial charge in [-0.05, 0) is 81.7 Å². The van der Waals surface area contributed by atoms with Gasteiger partial charge in [-0.15, -0.1) is 11.8 Å². The van der Waals surface area contributed by atoms with Gasteiger partial charge < -0.3 is 18.9 Å². The quantitative estimate of drug-likeness (QED) is 0.217. The maximum absolute atomic E-state index is 11.9. The molecule has 1 aliphatic carbocycles. The van der Waals surface area contributed by atoms with E-state index in [-0.39, 0.29) is 11.9 Å². The summed E-state index contributed by atoms with van der Waals surface area (Å²) in [7, 11) is 0. The summed E-state index contributed by atoms with van der Waals surface area (Å²) in [6, 6.07) is 6.45. The van der Waals surface area contributed by atoms with E-state index in [0.29, 0.717) is 50.8 Å². The summed E-state index contributed by atoms with van der Waals surface area (Å²) < 4.78 is 22.5. The minimum atomic E-state index is -0.528. The van der Waals surface area contributed by atoms with Gasteiger partial charge >= 0.3 is 11.9 Å². The summed E-state index contributed by atoms with van der Waals surface area (Å²) in [6.45, 7) is 5.73. The summed E-state index contributed by atoms with van der Waals surface area (Å²) in [5.41, 5.74) is 2.86. The minimum absolute atomic E-state index is 0.218. The third kappa shape index (κ3) is 9.21. The highest BCUT2D eigenvalue weighted by Crippen LogP contribution is 2.45. The number of ether oxygens (including phenoxy) is 4. The molecule has 0 aromatic heterocycles. The molecule has 0 amide bonds. The predicted octanol–water partition coefficient (Wildman–Crippen LogP) is 5.58. The molecular formula is C27H40O6S2. The number of carbonyl (C=O) groups excluding carboxylic acids is 2. The Morgan fingerprint density at radius 3 is 2.51 bits per heavy atom. The number of thioether (sulfide) groups is 2. The molecule has 1 atom stereocenters. The van der Waals surface area contributed by atoms with E-state index >= 15 is 0 Å². The lowest BCUT2D eigenvalue weighted by Gasteiger charge is -2.27. The molecule has 35 heavy (non-hydrogen) atoms. The van der Waals surface area contributed by atoms with Crippen LogP contribution < -0.4 is 4.74 Å². The Kier molecular flexibility index (Phi) is 12.1. The smallest absolute Gasteiger partial charge is 0.305 e. The molecule has 1 heterocycles. The first kappa shape index (κ1) is 28.2. The van der Waals surface area contributed by atoms with Crippen LogP contribution in [0.5, 0.6) is 5.75 Å². The van der Waals surface area contributed by atoms with E-state index in [1.54, 1.807) is 25.6 Å². The van der Waals surface area contributed by atoms with Gasteiger partial charge in [0.05, 0.1) is 26.4 Å². The first-order chi connectivity index (χ1) is 17.0. The highest BCUT2D eigenvalue weighted by molar-refractivity contribution is 8.04. The van der Waals surface area contributed by atoms with Gasteiger partial charge in [-0.3, -0.25) is 9.59 Å². The molecule has 196 valence electrons. The van der Waals surface area contributed by atoms with Crippen molar-refractivity contribution in [1.82, 2.24) is 0 Å². The Hall–Kier alpha value is -1.38. The van der Waals surface area contributed by atoms with Gasteiger partial charge in [0.1, 0.15) is 10.7 Å². The summed E-state index contributed by atoms with van der Waals surface area (Å²) >= 11 is 3.68. The average Bonchev–Trinajstić information content (AvgIpc) is 3.27. The van der Waals surface area contributed by atoms with E-state index in [0.717, 1.165) is 36.7 Å². The largest absolute Gasteiger partial charge is 0.493 e. The molecule has 1 saturated heterocycles. The van der Waals surface area contributed by atoms with Crippen LogP contribution in [0.1, 0.15) is 69.9 Å². The fourth-order valence-corrected chi connectivity index (χ4v) is 7.30. The molecule has 1 aromatic carbocycles. The van der Waals surface area contributed by atoms with Crippen LogP contribution in [0.4, 0.5) is 0 Å². The Morgan fingerprint density at radius 1 is 1.09 bits per heavy atom. The molecule has 1 fully saturated rings. The second-order valence-electron chi connectivity index (χ2n) is 8.95. The summed E-state index contributed by atoms with van der Waals surface area (Å²) in [5.74, 6) is 2.64. The third-order valence-electron chi connectivity index (χ3n) is 6.29. The number of hydrogen-bond acceptors (Lipinski definition) is 8. The first-order valence-corrected chi connectivity index (χ1v) is 15.0. The second-order valence-corrected chi connectivity index (χ2v) is 11.7. The maximum Gasteiger partial charge on any atom is 0.305 e. The van der Waals surface area contributed by atoms with Crippen LogP contribution in [-0.4, -0.2) is 60.1 Å². The number of aryl methyl sites for hydroxylation is 1. The van der Waals surface area contributed by atoms with E-state index in [1.165, 1.54) is 30.4 Å². The number of esters is 2. The molecule has 2 aliphatic rings. The lowest BCUT2D eigenvalue weighted by molar-refractivity contribution is -0.144. The van der Waals surface area contributed by atoms with Gasteiger partial charge in [0.2, 0.25) is 0 Å². The Labute approximate surface area is 218 Å². The normalized spacial score (nSPS) is 18.6. The van der Waals surface area contributed by atoms with Crippen molar-refractivity contribution in [2.45, 2.75) is 81.8 Å². The van der Waals surface area contributed by atoms with E-state index in [2.05, 4.69) is 18.2 Å². The van der Waals surface area contributed by atoms with Gasteiger partial charge in [0, 0.05) is 23.8 Å². The molecule has 0 bridgehead atoms. The first-order valence-electron chi connectivity index (χ1n) is 13.0. The molecule has 0 N–H and O–H groups in total. The van der Waals surface area contributed by atoms with Crippen molar-refractivity contribution in [3.05, 3.63) is 29.3 Å². The second kappa shape index (κ2) is 15.0. The van der Waals surface area contributed by atoms with Gasteiger partial charge in [-0.1, -0.05) is 12.1 Å². The van der Waals surface area contributed by atoms with Gasteiger partial charge in [-0.2, -0.15) is 11.8 Å². The predicted molar refractivity (Wildman–Crippen MR) is 142 cm³/mol. The molecular weight excluding hydrogens is 484 g/mol.